The Hall–Kier alpha value is -0.880. The fourth-order valence-corrected chi connectivity index (χ4v) is 4.71. The molecule has 2 aromatic heterocycles. The second-order valence-corrected chi connectivity index (χ2v) is 7.87. The van der Waals surface area contributed by atoms with Crippen LogP contribution < -0.4 is 5.32 Å². The zero-order valence-corrected chi connectivity index (χ0v) is 15.1. The van der Waals surface area contributed by atoms with E-state index in [0.29, 0.717) is 5.41 Å². The van der Waals surface area contributed by atoms with Gasteiger partial charge in [-0.1, -0.05) is 0 Å². The Morgan fingerprint density at radius 1 is 1.30 bits per heavy atom. The fourth-order valence-electron chi connectivity index (χ4n) is 3.79. The normalized spacial score (nSPS) is 20.7. The van der Waals surface area contributed by atoms with Crippen LogP contribution in [0.4, 0.5) is 0 Å². The highest BCUT2D eigenvalue weighted by Crippen LogP contribution is 2.39. The van der Waals surface area contributed by atoms with Crippen LogP contribution in [0, 0.1) is 12.3 Å². The number of aryl methyl sites for hydroxylation is 1. The van der Waals surface area contributed by atoms with E-state index in [1.54, 1.807) is 11.3 Å². The zero-order valence-electron chi connectivity index (χ0n) is 13.5. The quantitative estimate of drug-likeness (QED) is 0.913. The van der Waals surface area contributed by atoms with Crippen molar-refractivity contribution >= 4 is 23.7 Å². The molecule has 2 saturated heterocycles. The van der Waals surface area contributed by atoms with Crippen molar-refractivity contribution < 1.29 is 4.42 Å². The van der Waals surface area contributed by atoms with Crippen LogP contribution in [-0.2, 0) is 6.54 Å². The van der Waals surface area contributed by atoms with Gasteiger partial charge in [-0.05, 0) is 63.4 Å². The van der Waals surface area contributed by atoms with Crippen molar-refractivity contribution in [1.82, 2.24) is 15.2 Å². The number of hydrogen-bond donors (Lipinski definition) is 1. The van der Waals surface area contributed by atoms with E-state index in [2.05, 4.69) is 15.2 Å². The van der Waals surface area contributed by atoms with Crippen molar-refractivity contribution in [2.45, 2.75) is 32.7 Å². The summed E-state index contributed by atoms with van der Waals surface area (Å²) in [6.07, 6.45) is 6.05. The van der Waals surface area contributed by atoms with Crippen LogP contribution in [0.1, 0.15) is 29.9 Å². The predicted molar refractivity (Wildman–Crippen MR) is 96.2 cm³/mol. The molecule has 1 N–H and O–H groups in total. The lowest BCUT2D eigenvalue weighted by Crippen LogP contribution is -2.38. The van der Waals surface area contributed by atoms with E-state index in [-0.39, 0.29) is 12.4 Å². The minimum Gasteiger partial charge on any atom is -0.459 e. The average Bonchev–Trinajstić information content (AvgIpc) is 3.22. The van der Waals surface area contributed by atoms with Gasteiger partial charge in [0.05, 0.1) is 0 Å². The Morgan fingerprint density at radius 3 is 2.87 bits per heavy atom. The second kappa shape index (κ2) is 6.93. The standard InChI is InChI=1S/C17H23N3OS.ClH/c1-13-2-3-15(21-13)16-19-10-14(22-16)11-20-9-6-17(12-20)4-7-18-8-5-17;/h2-3,10,18H,4-9,11-12H2,1H3;1H. The van der Waals surface area contributed by atoms with E-state index in [9.17, 15) is 0 Å². The molecule has 4 heterocycles. The lowest BCUT2D eigenvalue weighted by molar-refractivity contribution is 0.194. The molecule has 2 fully saturated rings. The van der Waals surface area contributed by atoms with Crippen LogP contribution in [-0.4, -0.2) is 36.1 Å². The van der Waals surface area contributed by atoms with Gasteiger partial charge >= 0.3 is 0 Å². The molecule has 1 spiro atoms. The van der Waals surface area contributed by atoms with Gasteiger partial charge in [0.25, 0.3) is 0 Å². The molecule has 0 radical (unpaired) electrons. The Bertz CT molecular complexity index is 648. The molecule has 4 nitrogen and oxygen atoms in total. The van der Waals surface area contributed by atoms with Crippen molar-refractivity contribution in [1.29, 1.82) is 0 Å². The third-order valence-electron chi connectivity index (χ3n) is 5.07. The Balaban J connectivity index is 0.00000156. The highest BCUT2D eigenvalue weighted by molar-refractivity contribution is 7.14. The van der Waals surface area contributed by atoms with Gasteiger partial charge in [-0.15, -0.1) is 23.7 Å². The number of nitrogens with zero attached hydrogens (tertiary/aromatic N) is 2. The number of likely N-dealkylation sites (tertiary alicyclic amines) is 1. The van der Waals surface area contributed by atoms with Crippen molar-refractivity contribution in [2.75, 3.05) is 26.2 Å². The number of halogens is 1. The molecule has 2 aliphatic rings. The maximum atomic E-state index is 5.67. The summed E-state index contributed by atoms with van der Waals surface area (Å²) >= 11 is 1.76. The summed E-state index contributed by atoms with van der Waals surface area (Å²) in [5.74, 6) is 1.84. The molecular formula is C17H24ClN3OS. The summed E-state index contributed by atoms with van der Waals surface area (Å²) in [6, 6.07) is 4.01. The SMILES string of the molecule is Cc1ccc(-c2ncc(CN3CCC4(CCNCC4)C3)s2)o1.Cl. The van der Waals surface area contributed by atoms with Crippen LogP contribution in [0.25, 0.3) is 10.8 Å². The Kier molecular flexibility index (Phi) is 5.11. The Labute approximate surface area is 147 Å². The molecule has 0 unspecified atom stereocenters. The monoisotopic (exact) mass is 353 g/mol. The highest BCUT2D eigenvalue weighted by Gasteiger charge is 2.38. The van der Waals surface area contributed by atoms with E-state index < -0.39 is 0 Å². The maximum Gasteiger partial charge on any atom is 0.162 e. The van der Waals surface area contributed by atoms with Gasteiger partial charge in [0.2, 0.25) is 0 Å². The number of furan rings is 1. The molecule has 0 amide bonds. The van der Waals surface area contributed by atoms with E-state index in [4.69, 9.17) is 4.42 Å². The van der Waals surface area contributed by atoms with Crippen LogP contribution in [0.15, 0.2) is 22.7 Å². The molecule has 0 aliphatic carbocycles. The third-order valence-corrected chi connectivity index (χ3v) is 6.06. The highest BCUT2D eigenvalue weighted by atomic mass is 35.5. The number of piperidine rings is 1. The molecule has 0 atom stereocenters. The predicted octanol–water partition coefficient (Wildman–Crippen LogP) is 3.71. The first kappa shape index (κ1) is 17.0. The second-order valence-electron chi connectivity index (χ2n) is 6.75. The van der Waals surface area contributed by atoms with Crippen LogP contribution >= 0.6 is 23.7 Å². The molecule has 0 saturated carbocycles. The average molecular weight is 354 g/mol. The van der Waals surface area contributed by atoms with E-state index in [1.807, 2.05) is 25.3 Å². The first-order valence-electron chi connectivity index (χ1n) is 8.17. The molecule has 0 bridgehead atoms. The van der Waals surface area contributed by atoms with Crippen molar-refractivity contribution in [3.8, 4) is 10.8 Å². The molecule has 6 heteroatoms. The van der Waals surface area contributed by atoms with E-state index in [0.717, 1.165) is 23.1 Å². The zero-order chi connectivity index (χ0) is 15.0. The van der Waals surface area contributed by atoms with Crippen LogP contribution in [0.5, 0.6) is 0 Å². The van der Waals surface area contributed by atoms with E-state index >= 15 is 0 Å². The fraction of sp³-hybridized carbons (Fsp3) is 0.588. The molecule has 23 heavy (non-hydrogen) atoms. The van der Waals surface area contributed by atoms with Crippen LogP contribution in [0.2, 0.25) is 0 Å². The topological polar surface area (TPSA) is 41.3 Å². The first-order chi connectivity index (χ1) is 10.7. The lowest BCUT2D eigenvalue weighted by Gasteiger charge is -2.33. The molecule has 2 aliphatic heterocycles. The van der Waals surface area contributed by atoms with Gasteiger partial charge in [0, 0.05) is 24.2 Å². The van der Waals surface area contributed by atoms with Gasteiger partial charge in [-0.2, -0.15) is 0 Å². The number of rotatable bonds is 3. The minimum atomic E-state index is 0. The largest absolute Gasteiger partial charge is 0.459 e. The van der Waals surface area contributed by atoms with E-state index in [1.165, 1.54) is 50.3 Å². The van der Waals surface area contributed by atoms with Crippen LogP contribution in [0.3, 0.4) is 0 Å². The summed E-state index contributed by atoms with van der Waals surface area (Å²) in [7, 11) is 0. The van der Waals surface area contributed by atoms with Crippen molar-refractivity contribution in [3.63, 3.8) is 0 Å². The van der Waals surface area contributed by atoms with Gasteiger partial charge in [-0.25, -0.2) is 4.98 Å². The first-order valence-corrected chi connectivity index (χ1v) is 8.99. The summed E-state index contributed by atoms with van der Waals surface area (Å²) in [4.78, 5) is 8.48. The summed E-state index contributed by atoms with van der Waals surface area (Å²) < 4.78 is 5.67. The van der Waals surface area contributed by atoms with Crippen molar-refractivity contribution in [3.05, 3.63) is 29.0 Å². The van der Waals surface area contributed by atoms with Gasteiger partial charge < -0.3 is 9.73 Å². The Morgan fingerprint density at radius 2 is 2.13 bits per heavy atom. The maximum absolute atomic E-state index is 5.67. The molecule has 2 aromatic rings. The summed E-state index contributed by atoms with van der Waals surface area (Å²) in [5.41, 5.74) is 0.580. The molecular weight excluding hydrogens is 330 g/mol. The number of nitrogens with one attached hydrogen (secondary N) is 1. The lowest BCUT2D eigenvalue weighted by atomic mass is 9.78. The molecule has 0 aromatic carbocycles. The summed E-state index contributed by atoms with van der Waals surface area (Å²) in [6.45, 7) is 7.87. The summed E-state index contributed by atoms with van der Waals surface area (Å²) in [5, 5.41) is 4.49. The van der Waals surface area contributed by atoms with Gasteiger partial charge in [0.1, 0.15) is 5.76 Å². The third kappa shape index (κ3) is 3.63. The molecule has 4 rings (SSSR count). The smallest absolute Gasteiger partial charge is 0.162 e. The van der Waals surface area contributed by atoms with Crippen molar-refractivity contribution in [2.24, 2.45) is 5.41 Å². The number of hydrogen-bond acceptors (Lipinski definition) is 5. The van der Waals surface area contributed by atoms with Gasteiger partial charge in [-0.3, -0.25) is 4.90 Å². The van der Waals surface area contributed by atoms with Gasteiger partial charge in [0.15, 0.2) is 10.8 Å². The number of thiazole rings is 1. The minimum absolute atomic E-state index is 0. The number of aromatic nitrogens is 1. The molecule has 126 valence electrons.